The van der Waals surface area contributed by atoms with Crippen LogP contribution in [0.5, 0.6) is 0 Å². The van der Waals surface area contributed by atoms with Crippen LogP contribution in [0.3, 0.4) is 0 Å². The second-order valence-electron chi connectivity index (χ2n) is 9.64. The molecule has 0 aromatic carbocycles. The zero-order chi connectivity index (χ0) is 20.5. The lowest BCUT2D eigenvalue weighted by Crippen LogP contribution is -2.54. The third-order valence-electron chi connectivity index (χ3n) is 6.15. The molecule has 3 fully saturated rings. The predicted molar refractivity (Wildman–Crippen MR) is 103 cm³/mol. The minimum Gasteiger partial charge on any atom is -0.360 e. The van der Waals surface area contributed by atoms with Gasteiger partial charge in [-0.2, -0.15) is 4.31 Å². The van der Waals surface area contributed by atoms with Crippen LogP contribution in [0.4, 0.5) is 0 Å². The Kier molecular flexibility index (Phi) is 4.45. The maximum Gasteiger partial charge on any atom is 0.230 e. The van der Waals surface area contributed by atoms with Crippen molar-refractivity contribution < 1.29 is 22.7 Å². The average molecular weight is 412 g/mol. The summed E-state index contributed by atoms with van der Waals surface area (Å²) in [5.41, 5.74) is -0.726. The number of carbonyl (C=O) groups is 2. The first-order valence-corrected chi connectivity index (χ1v) is 11.7. The minimum atomic E-state index is -3.25. The molecule has 3 saturated heterocycles. The highest BCUT2D eigenvalue weighted by atomic mass is 32.2. The first-order chi connectivity index (χ1) is 12.9. The van der Waals surface area contributed by atoms with Crippen LogP contribution >= 0.6 is 0 Å². The Hall–Kier alpha value is -1.45. The fourth-order valence-electron chi connectivity index (χ4n) is 5.02. The molecule has 0 aliphatic carbocycles. The highest BCUT2D eigenvalue weighted by Gasteiger charge is 2.67. The second-order valence-corrected chi connectivity index (χ2v) is 11.6. The van der Waals surface area contributed by atoms with Gasteiger partial charge < -0.3 is 14.5 Å². The molecule has 0 aromatic heterocycles. The SMILES string of the molecule is CC(C)(C)CN1C[C@]23C=C[C@H](O2)[C@@H](C(=O)N2CCN(S(C)(=O)=O)CC2)[C@H]3C1=O. The molecule has 0 saturated carbocycles. The van der Waals surface area contributed by atoms with Crippen molar-refractivity contribution in [1.82, 2.24) is 14.1 Å². The number of hydrogen-bond donors (Lipinski definition) is 0. The molecule has 0 aromatic rings. The van der Waals surface area contributed by atoms with E-state index in [1.54, 1.807) is 4.90 Å². The summed E-state index contributed by atoms with van der Waals surface area (Å²) in [6.45, 7) is 8.65. The van der Waals surface area contributed by atoms with Gasteiger partial charge in [-0.05, 0) is 5.41 Å². The van der Waals surface area contributed by atoms with Crippen molar-refractivity contribution in [3.05, 3.63) is 12.2 Å². The van der Waals surface area contributed by atoms with Crippen molar-refractivity contribution in [2.45, 2.75) is 32.5 Å². The van der Waals surface area contributed by atoms with Gasteiger partial charge in [-0.25, -0.2) is 8.42 Å². The van der Waals surface area contributed by atoms with Crippen LogP contribution in [-0.4, -0.2) is 91.6 Å². The lowest BCUT2D eigenvalue weighted by molar-refractivity contribution is -0.144. The molecule has 8 nitrogen and oxygen atoms in total. The van der Waals surface area contributed by atoms with Crippen molar-refractivity contribution in [2.75, 3.05) is 45.5 Å². The standard InChI is InChI=1S/C19H29N3O5S/c1-18(2,3)11-21-12-19-6-5-13(27-19)14(15(19)17(21)24)16(23)20-7-9-22(10-8-20)28(4,25)26/h5-6,13-15H,7-12H2,1-4H3/t13-,14+,15-,19-/m0/s1. The van der Waals surface area contributed by atoms with Crippen LogP contribution in [0.15, 0.2) is 12.2 Å². The second kappa shape index (κ2) is 6.27. The Morgan fingerprint density at radius 3 is 2.46 bits per heavy atom. The molecule has 9 heteroatoms. The third kappa shape index (κ3) is 3.17. The van der Waals surface area contributed by atoms with Crippen LogP contribution in [0.2, 0.25) is 0 Å². The largest absolute Gasteiger partial charge is 0.360 e. The van der Waals surface area contributed by atoms with Crippen LogP contribution in [0, 0.1) is 17.3 Å². The average Bonchev–Trinajstić information content (AvgIpc) is 3.21. The summed E-state index contributed by atoms with van der Waals surface area (Å²) in [6, 6.07) is 0. The van der Waals surface area contributed by atoms with Gasteiger partial charge in [0, 0.05) is 32.7 Å². The number of carbonyl (C=O) groups excluding carboxylic acids is 2. The van der Waals surface area contributed by atoms with Gasteiger partial charge in [0.1, 0.15) is 5.60 Å². The van der Waals surface area contributed by atoms with Crippen molar-refractivity contribution in [1.29, 1.82) is 0 Å². The Morgan fingerprint density at radius 1 is 1.25 bits per heavy atom. The van der Waals surface area contributed by atoms with E-state index < -0.39 is 27.5 Å². The van der Waals surface area contributed by atoms with E-state index in [-0.39, 0.29) is 23.3 Å². The number of nitrogens with zero attached hydrogens (tertiary/aromatic N) is 3. The molecule has 2 amide bonds. The molecule has 4 aliphatic rings. The van der Waals surface area contributed by atoms with E-state index in [0.717, 1.165) is 0 Å². The van der Waals surface area contributed by atoms with E-state index in [1.807, 2.05) is 17.1 Å². The molecular weight excluding hydrogens is 382 g/mol. The van der Waals surface area contributed by atoms with E-state index in [4.69, 9.17) is 4.74 Å². The molecule has 4 atom stereocenters. The molecule has 1 spiro atoms. The Labute approximate surface area is 166 Å². The molecular formula is C19H29N3O5S. The zero-order valence-corrected chi connectivity index (χ0v) is 17.7. The van der Waals surface area contributed by atoms with Crippen LogP contribution in [0.1, 0.15) is 20.8 Å². The molecule has 0 N–H and O–H groups in total. The van der Waals surface area contributed by atoms with Gasteiger partial charge >= 0.3 is 0 Å². The first kappa shape index (κ1) is 19.8. The quantitative estimate of drug-likeness (QED) is 0.606. The topological polar surface area (TPSA) is 87.2 Å². The molecule has 0 unspecified atom stereocenters. The van der Waals surface area contributed by atoms with E-state index in [9.17, 15) is 18.0 Å². The Bertz CT molecular complexity index is 825. The van der Waals surface area contributed by atoms with Crippen molar-refractivity contribution >= 4 is 21.8 Å². The fourth-order valence-corrected chi connectivity index (χ4v) is 5.84. The summed E-state index contributed by atoms with van der Waals surface area (Å²) < 4.78 is 31.0. The number of hydrogen-bond acceptors (Lipinski definition) is 5. The van der Waals surface area contributed by atoms with E-state index >= 15 is 0 Å². The number of fused-ring (bicyclic) bond motifs is 1. The normalized spacial score (nSPS) is 35.7. The minimum absolute atomic E-state index is 0.00473. The maximum atomic E-state index is 13.3. The van der Waals surface area contributed by atoms with Crippen LogP contribution < -0.4 is 0 Å². The van der Waals surface area contributed by atoms with E-state index in [2.05, 4.69) is 20.8 Å². The van der Waals surface area contributed by atoms with Crippen LogP contribution in [-0.2, 0) is 24.3 Å². The monoisotopic (exact) mass is 411 g/mol. The highest BCUT2D eigenvalue weighted by Crippen LogP contribution is 2.52. The Morgan fingerprint density at radius 2 is 1.89 bits per heavy atom. The Balaban J connectivity index is 1.51. The lowest BCUT2D eigenvalue weighted by atomic mass is 9.76. The summed E-state index contributed by atoms with van der Waals surface area (Å²) in [6.07, 6.45) is 4.70. The number of piperazine rings is 1. The van der Waals surface area contributed by atoms with Crippen molar-refractivity contribution in [2.24, 2.45) is 17.3 Å². The highest BCUT2D eigenvalue weighted by molar-refractivity contribution is 7.88. The number of ether oxygens (including phenoxy) is 1. The van der Waals surface area contributed by atoms with Gasteiger partial charge in [0.05, 0.1) is 30.7 Å². The molecule has 156 valence electrons. The van der Waals surface area contributed by atoms with Gasteiger partial charge in [0.25, 0.3) is 0 Å². The summed E-state index contributed by atoms with van der Waals surface area (Å²) in [4.78, 5) is 30.0. The molecule has 4 rings (SSSR count). The third-order valence-corrected chi connectivity index (χ3v) is 7.45. The summed E-state index contributed by atoms with van der Waals surface area (Å²) in [7, 11) is -3.25. The zero-order valence-electron chi connectivity index (χ0n) is 16.9. The molecule has 2 bridgehead atoms. The number of likely N-dealkylation sites (tertiary alicyclic amines) is 1. The van der Waals surface area contributed by atoms with Gasteiger partial charge in [0.2, 0.25) is 21.8 Å². The van der Waals surface area contributed by atoms with Crippen molar-refractivity contribution in [3.8, 4) is 0 Å². The molecule has 4 heterocycles. The summed E-state index contributed by atoms with van der Waals surface area (Å²) in [5, 5.41) is 0. The maximum absolute atomic E-state index is 13.3. The summed E-state index contributed by atoms with van der Waals surface area (Å²) >= 11 is 0. The van der Waals surface area contributed by atoms with Crippen molar-refractivity contribution in [3.63, 3.8) is 0 Å². The number of sulfonamides is 1. The van der Waals surface area contributed by atoms with Gasteiger partial charge in [-0.1, -0.05) is 32.9 Å². The first-order valence-electron chi connectivity index (χ1n) is 9.81. The number of amides is 2. The number of rotatable bonds is 3. The van der Waals surface area contributed by atoms with E-state index in [1.165, 1.54) is 10.6 Å². The summed E-state index contributed by atoms with van der Waals surface area (Å²) in [5.74, 6) is -1.10. The van der Waals surface area contributed by atoms with Gasteiger partial charge in [-0.3, -0.25) is 9.59 Å². The lowest BCUT2D eigenvalue weighted by Gasteiger charge is -2.36. The fraction of sp³-hybridized carbons (Fsp3) is 0.789. The predicted octanol–water partition coefficient (Wildman–Crippen LogP) is -0.0817. The molecule has 28 heavy (non-hydrogen) atoms. The van der Waals surface area contributed by atoms with Gasteiger partial charge in [-0.15, -0.1) is 0 Å². The molecule has 4 aliphatic heterocycles. The van der Waals surface area contributed by atoms with Gasteiger partial charge in [0.15, 0.2) is 0 Å². The smallest absolute Gasteiger partial charge is 0.230 e. The molecule has 0 radical (unpaired) electrons. The van der Waals surface area contributed by atoms with Crippen LogP contribution in [0.25, 0.3) is 0 Å². The van der Waals surface area contributed by atoms with E-state index in [0.29, 0.717) is 39.3 Å².